The van der Waals surface area contributed by atoms with Gasteiger partial charge in [0.25, 0.3) is 0 Å². The van der Waals surface area contributed by atoms with E-state index < -0.39 is 17.4 Å². The molecule has 9 heteroatoms. The Balaban J connectivity index is 2.05. The van der Waals surface area contributed by atoms with Crippen LogP contribution < -0.4 is 20.1 Å². The minimum Gasteiger partial charge on any atom is -0.490 e. The molecular formula is C21H27F2N3O3S. The van der Waals surface area contributed by atoms with Gasteiger partial charge in [0.2, 0.25) is 0 Å². The van der Waals surface area contributed by atoms with Crippen molar-refractivity contribution in [3.63, 3.8) is 0 Å². The third-order valence-electron chi connectivity index (χ3n) is 3.90. The average molecular weight is 440 g/mol. The molecule has 0 heterocycles. The number of rotatable bonds is 11. The number of halogens is 2. The van der Waals surface area contributed by atoms with Crippen LogP contribution in [-0.4, -0.2) is 42.2 Å². The normalized spacial score (nSPS) is 12.5. The lowest BCUT2D eigenvalue weighted by molar-refractivity contribution is -0.0520. The van der Waals surface area contributed by atoms with E-state index in [0.717, 1.165) is 4.90 Å². The zero-order valence-corrected chi connectivity index (χ0v) is 17.9. The van der Waals surface area contributed by atoms with Gasteiger partial charge in [-0.25, -0.2) is 4.99 Å². The number of hydrogen-bond acceptors (Lipinski definition) is 4. The third kappa shape index (κ3) is 7.62. The summed E-state index contributed by atoms with van der Waals surface area (Å²) < 4.78 is 48.1. The number of guanidine groups is 1. The number of hydrogen-bond donors (Lipinski definition) is 2. The molecule has 2 aromatic rings. The van der Waals surface area contributed by atoms with E-state index in [2.05, 4.69) is 20.4 Å². The summed E-state index contributed by atoms with van der Waals surface area (Å²) in [5.41, 5.74) is 0.478. The molecule has 0 aromatic heterocycles. The fraction of sp³-hybridized carbons (Fsp3) is 0.381. The van der Waals surface area contributed by atoms with Gasteiger partial charge in [0.15, 0.2) is 17.5 Å². The van der Waals surface area contributed by atoms with Gasteiger partial charge in [-0.15, -0.1) is 0 Å². The van der Waals surface area contributed by atoms with Gasteiger partial charge in [-0.2, -0.15) is 8.78 Å². The van der Waals surface area contributed by atoms with Gasteiger partial charge in [-0.05, 0) is 32.0 Å². The smallest absolute Gasteiger partial charge is 0.387 e. The van der Waals surface area contributed by atoms with Crippen molar-refractivity contribution in [2.75, 3.05) is 25.4 Å². The molecule has 0 aliphatic heterocycles. The van der Waals surface area contributed by atoms with Crippen LogP contribution in [0.4, 0.5) is 8.78 Å². The number of para-hydroxylation sites is 1. The molecule has 164 valence electrons. The summed E-state index contributed by atoms with van der Waals surface area (Å²) in [5, 5.41) is 6.20. The van der Waals surface area contributed by atoms with Crippen molar-refractivity contribution in [3.05, 3.63) is 54.1 Å². The predicted octanol–water partition coefficient (Wildman–Crippen LogP) is 3.55. The summed E-state index contributed by atoms with van der Waals surface area (Å²) in [6.45, 7) is 2.22. The molecule has 0 aliphatic rings. The van der Waals surface area contributed by atoms with Gasteiger partial charge >= 0.3 is 6.61 Å². The van der Waals surface area contributed by atoms with Gasteiger partial charge in [-0.1, -0.05) is 30.3 Å². The lowest BCUT2D eigenvalue weighted by Crippen LogP contribution is -2.39. The Morgan fingerprint density at radius 1 is 1.10 bits per heavy atom. The molecule has 0 radical (unpaired) electrons. The number of aliphatic imine (C=N–C) groups is 1. The molecule has 1 unspecified atom stereocenters. The van der Waals surface area contributed by atoms with Gasteiger partial charge in [0.05, 0.1) is 24.0 Å². The molecule has 0 amide bonds. The fourth-order valence-electron chi connectivity index (χ4n) is 2.64. The monoisotopic (exact) mass is 439 g/mol. The maximum absolute atomic E-state index is 12.9. The van der Waals surface area contributed by atoms with Crippen LogP contribution in [0.3, 0.4) is 0 Å². The highest BCUT2D eigenvalue weighted by molar-refractivity contribution is 7.85. The highest BCUT2D eigenvalue weighted by atomic mass is 32.2. The minimum absolute atomic E-state index is 0.0147. The van der Waals surface area contributed by atoms with Crippen molar-refractivity contribution >= 4 is 16.8 Å². The second kappa shape index (κ2) is 12.8. The van der Waals surface area contributed by atoms with Crippen LogP contribution in [0.15, 0.2) is 58.4 Å². The van der Waals surface area contributed by atoms with Crippen LogP contribution >= 0.6 is 0 Å². The zero-order valence-electron chi connectivity index (χ0n) is 17.1. The first-order valence-electron chi connectivity index (χ1n) is 9.70. The molecule has 0 saturated heterocycles. The SMILES string of the molecule is CCNC(=NCc1cccc(OCC)c1OC(F)F)NCCS(=O)c1ccccc1. The molecule has 1 atom stereocenters. The minimum atomic E-state index is -2.96. The Bertz CT molecular complexity index is 836. The second-order valence-electron chi connectivity index (χ2n) is 6.04. The summed E-state index contributed by atoms with van der Waals surface area (Å²) in [6, 6.07) is 14.2. The van der Waals surface area contributed by atoms with E-state index in [-0.39, 0.29) is 18.0 Å². The van der Waals surface area contributed by atoms with Crippen LogP contribution in [0.2, 0.25) is 0 Å². The molecule has 0 spiro atoms. The van der Waals surface area contributed by atoms with Crippen molar-refractivity contribution in [1.29, 1.82) is 0 Å². The number of nitrogens with one attached hydrogen (secondary N) is 2. The Morgan fingerprint density at radius 2 is 1.87 bits per heavy atom. The van der Waals surface area contributed by atoms with Gasteiger partial charge < -0.3 is 20.1 Å². The van der Waals surface area contributed by atoms with Crippen LogP contribution in [-0.2, 0) is 17.3 Å². The van der Waals surface area contributed by atoms with Crippen molar-refractivity contribution in [1.82, 2.24) is 10.6 Å². The van der Waals surface area contributed by atoms with Crippen LogP contribution in [0.1, 0.15) is 19.4 Å². The van der Waals surface area contributed by atoms with E-state index >= 15 is 0 Å². The first-order valence-corrected chi connectivity index (χ1v) is 11.0. The first kappa shape index (κ1) is 23.6. The Morgan fingerprint density at radius 3 is 2.53 bits per heavy atom. The Labute approximate surface area is 178 Å². The van der Waals surface area contributed by atoms with E-state index in [1.165, 1.54) is 0 Å². The van der Waals surface area contributed by atoms with E-state index in [1.807, 2.05) is 37.3 Å². The summed E-state index contributed by atoms with van der Waals surface area (Å²) >= 11 is 0. The number of alkyl halides is 2. The number of nitrogens with zero attached hydrogens (tertiary/aromatic N) is 1. The highest BCUT2D eigenvalue weighted by Crippen LogP contribution is 2.33. The molecule has 0 saturated carbocycles. The largest absolute Gasteiger partial charge is 0.490 e. The van der Waals surface area contributed by atoms with E-state index in [9.17, 15) is 13.0 Å². The average Bonchev–Trinajstić information content (AvgIpc) is 2.74. The van der Waals surface area contributed by atoms with E-state index in [4.69, 9.17) is 4.74 Å². The van der Waals surface area contributed by atoms with Crippen LogP contribution in [0.25, 0.3) is 0 Å². The molecule has 2 N–H and O–H groups in total. The van der Waals surface area contributed by atoms with E-state index in [0.29, 0.717) is 37.0 Å². The standard InChI is InChI=1S/C21H27F2N3O3S/c1-3-24-21(25-13-14-30(27)17-10-6-5-7-11-17)26-15-16-9-8-12-18(28-4-2)19(16)29-20(22)23/h5-12,20H,3-4,13-15H2,1-2H3,(H2,24,25,26). The molecule has 6 nitrogen and oxygen atoms in total. The summed E-state index contributed by atoms with van der Waals surface area (Å²) in [7, 11) is -1.12. The maximum atomic E-state index is 12.9. The molecule has 30 heavy (non-hydrogen) atoms. The highest BCUT2D eigenvalue weighted by Gasteiger charge is 2.15. The Hall–Kier alpha value is -2.68. The lowest BCUT2D eigenvalue weighted by atomic mass is 10.2. The Kier molecular flexibility index (Phi) is 10.1. The van der Waals surface area contributed by atoms with Gasteiger partial charge in [0.1, 0.15) is 0 Å². The zero-order chi connectivity index (χ0) is 21.8. The van der Waals surface area contributed by atoms with Gasteiger partial charge in [-0.3, -0.25) is 4.21 Å². The predicted molar refractivity (Wildman–Crippen MR) is 115 cm³/mol. The summed E-state index contributed by atoms with van der Waals surface area (Å²) in [4.78, 5) is 5.20. The van der Waals surface area contributed by atoms with Gasteiger partial charge in [0, 0.05) is 29.3 Å². The molecule has 0 fully saturated rings. The molecule has 0 bridgehead atoms. The molecule has 2 rings (SSSR count). The van der Waals surface area contributed by atoms with Crippen molar-refractivity contribution in [2.24, 2.45) is 4.99 Å². The third-order valence-corrected chi connectivity index (χ3v) is 5.28. The molecule has 2 aromatic carbocycles. The van der Waals surface area contributed by atoms with Crippen LogP contribution in [0.5, 0.6) is 11.5 Å². The number of ether oxygens (including phenoxy) is 2. The topological polar surface area (TPSA) is 72.0 Å². The molecule has 0 aliphatic carbocycles. The number of benzene rings is 2. The second-order valence-corrected chi connectivity index (χ2v) is 7.61. The fourth-order valence-corrected chi connectivity index (χ4v) is 3.62. The lowest BCUT2D eigenvalue weighted by Gasteiger charge is -2.15. The van der Waals surface area contributed by atoms with Crippen molar-refractivity contribution in [2.45, 2.75) is 31.9 Å². The van der Waals surface area contributed by atoms with E-state index in [1.54, 1.807) is 25.1 Å². The summed E-state index contributed by atoms with van der Waals surface area (Å²) in [6.07, 6.45) is 0. The van der Waals surface area contributed by atoms with Crippen molar-refractivity contribution < 1.29 is 22.5 Å². The van der Waals surface area contributed by atoms with Crippen molar-refractivity contribution in [3.8, 4) is 11.5 Å². The van der Waals surface area contributed by atoms with Crippen LogP contribution in [0, 0.1) is 0 Å². The first-order chi connectivity index (χ1) is 14.5. The quantitative estimate of drug-likeness (QED) is 0.414. The maximum Gasteiger partial charge on any atom is 0.387 e. The molecular weight excluding hydrogens is 412 g/mol. The summed E-state index contributed by atoms with van der Waals surface area (Å²) in [5.74, 6) is 1.14.